The smallest absolute Gasteiger partial charge is 0.313 e. The van der Waals surface area contributed by atoms with Crippen molar-refractivity contribution in [3.63, 3.8) is 0 Å². The molecule has 3 aliphatic heterocycles. The second kappa shape index (κ2) is 6.51. The summed E-state index contributed by atoms with van der Waals surface area (Å²) in [5.41, 5.74) is -0.968. The monoisotopic (exact) mass is 363 g/mol. The Kier molecular flexibility index (Phi) is 4.45. The molecule has 4 aliphatic rings. The molecule has 0 unspecified atom stereocenters. The summed E-state index contributed by atoms with van der Waals surface area (Å²) in [6.45, 7) is 6.52. The first-order chi connectivity index (χ1) is 12.4. The molecule has 2 atom stereocenters. The lowest BCUT2D eigenvalue weighted by atomic mass is 9.81. The van der Waals surface area contributed by atoms with E-state index in [1.807, 2.05) is 0 Å². The average molecular weight is 363 g/mol. The number of carbonyl (C=O) groups is 3. The molecular formula is C19H29N3O4. The Bertz CT molecular complexity index is 612. The molecule has 7 nitrogen and oxygen atoms in total. The van der Waals surface area contributed by atoms with E-state index in [2.05, 4.69) is 11.8 Å². The van der Waals surface area contributed by atoms with Gasteiger partial charge in [0.15, 0.2) is 0 Å². The number of hydrogen-bond donors (Lipinski definition) is 1. The predicted octanol–water partition coefficient (Wildman–Crippen LogP) is 0.500. The van der Waals surface area contributed by atoms with E-state index in [9.17, 15) is 19.5 Å². The first kappa shape index (κ1) is 17.8. The molecule has 3 saturated heterocycles. The Labute approximate surface area is 154 Å². The van der Waals surface area contributed by atoms with Crippen molar-refractivity contribution in [3.05, 3.63) is 0 Å². The lowest BCUT2D eigenvalue weighted by Crippen LogP contribution is -2.46. The highest BCUT2D eigenvalue weighted by molar-refractivity contribution is 5.86. The van der Waals surface area contributed by atoms with Crippen molar-refractivity contribution in [1.29, 1.82) is 0 Å². The van der Waals surface area contributed by atoms with Crippen LogP contribution in [-0.4, -0.2) is 83.4 Å². The zero-order valence-corrected chi connectivity index (χ0v) is 15.5. The van der Waals surface area contributed by atoms with Gasteiger partial charge in [0.1, 0.15) is 5.41 Å². The Balaban J connectivity index is 1.42. The van der Waals surface area contributed by atoms with Crippen LogP contribution in [0.15, 0.2) is 0 Å². The van der Waals surface area contributed by atoms with Crippen LogP contribution in [0, 0.1) is 23.2 Å². The zero-order chi connectivity index (χ0) is 18.5. The standard InChI is InChI=1S/C19H29N3O4/c1-2-20-7-5-14(6-8-20)17(24)22-10-15-9-21(16(23)13-3-4-13)11-19(15,12-22)18(25)26/h13-15H,2-12H2,1H3,(H,25,26)/t15-,19-/m0/s1. The lowest BCUT2D eigenvalue weighted by molar-refractivity contribution is -0.149. The molecule has 1 saturated carbocycles. The highest BCUT2D eigenvalue weighted by atomic mass is 16.4. The van der Waals surface area contributed by atoms with Gasteiger partial charge < -0.3 is 19.8 Å². The largest absolute Gasteiger partial charge is 0.481 e. The molecule has 2 amide bonds. The fourth-order valence-corrected chi connectivity index (χ4v) is 5.05. The van der Waals surface area contributed by atoms with Crippen molar-refractivity contribution in [1.82, 2.24) is 14.7 Å². The highest BCUT2D eigenvalue weighted by Gasteiger charge is 2.60. The van der Waals surface area contributed by atoms with Gasteiger partial charge in [-0.25, -0.2) is 0 Å². The van der Waals surface area contributed by atoms with Crippen LogP contribution in [0.1, 0.15) is 32.6 Å². The van der Waals surface area contributed by atoms with E-state index < -0.39 is 11.4 Å². The molecule has 1 aliphatic carbocycles. The van der Waals surface area contributed by atoms with Gasteiger partial charge in [-0.1, -0.05) is 6.92 Å². The minimum Gasteiger partial charge on any atom is -0.481 e. The number of aliphatic carboxylic acids is 1. The van der Waals surface area contributed by atoms with Crippen molar-refractivity contribution in [2.24, 2.45) is 23.2 Å². The molecule has 7 heteroatoms. The van der Waals surface area contributed by atoms with E-state index in [0.717, 1.165) is 45.3 Å². The van der Waals surface area contributed by atoms with Crippen LogP contribution < -0.4 is 0 Å². The second-order valence-electron chi connectivity index (χ2n) is 8.58. The molecule has 0 aromatic heterocycles. The van der Waals surface area contributed by atoms with Crippen LogP contribution in [-0.2, 0) is 14.4 Å². The van der Waals surface area contributed by atoms with Crippen LogP contribution in [0.3, 0.4) is 0 Å². The fraction of sp³-hybridized carbons (Fsp3) is 0.842. The molecule has 1 N–H and O–H groups in total. The van der Waals surface area contributed by atoms with Crippen LogP contribution >= 0.6 is 0 Å². The molecule has 4 fully saturated rings. The van der Waals surface area contributed by atoms with E-state index in [1.54, 1.807) is 9.80 Å². The van der Waals surface area contributed by atoms with Gasteiger partial charge in [0.2, 0.25) is 11.8 Å². The molecule has 0 radical (unpaired) electrons. The summed E-state index contributed by atoms with van der Waals surface area (Å²) in [5, 5.41) is 9.92. The van der Waals surface area contributed by atoms with Crippen molar-refractivity contribution in [2.75, 3.05) is 45.8 Å². The van der Waals surface area contributed by atoms with Crippen LogP contribution in [0.25, 0.3) is 0 Å². The summed E-state index contributed by atoms with van der Waals surface area (Å²) in [6.07, 6.45) is 3.59. The number of hydrogen-bond acceptors (Lipinski definition) is 4. The maximum absolute atomic E-state index is 13.0. The molecule has 0 aromatic rings. The SMILES string of the molecule is CCN1CCC(C(=O)N2C[C@@H]3CN(C(=O)C4CC4)C[C@]3(C(=O)O)C2)CC1. The summed E-state index contributed by atoms with van der Waals surface area (Å²) >= 11 is 0. The first-order valence-electron chi connectivity index (χ1n) is 9.98. The molecular weight excluding hydrogens is 334 g/mol. The van der Waals surface area contributed by atoms with Gasteiger partial charge >= 0.3 is 5.97 Å². The van der Waals surface area contributed by atoms with Gasteiger partial charge in [0, 0.05) is 43.9 Å². The number of carboxylic acids is 1. The molecule has 4 rings (SSSR count). The van der Waals surface area contributed by atoms with E-state index in [-0.39, 0.29) is 42.7 Å². The average Bonchev–Trinajstić information content (AvgIpc) is 3.32. The number of rotatable bonds is 4. The Hall–Kier alpha value is -1.63. The minimum absolute atomic E-state index is 0.0201. The van der Waals surface area contributed by atoms with E-state index >= 15 is 0 Å². The third-order valence-corrected chi connectivity index (χ3v) is 6.97. The van der Waals surface area contributed by atoms with E-state index in [4.69, 9.17) is 0 Å². The number of carbonyl (C=O) groups excluding carboxylic acids is 2. The van der Waals surface area contributed by atoms with Crippen molar-refractivity contribution in [2.45, 2.75) is 32.6 Å². The number of carboxylic acid groups (broad SMARTS) is 1. The second-order valence-corrected chi connectivity index (χ2v) is 8.58. The molecule has 144 valence electrons. The Morgan fingerprint density at radius 2 is 1.42 bits per heavy atom. The van der Waals surface area contributed by atoms with Gasteiger partial charge in [-0.2, -0.15) is 0 Å². The van der Waals surface area contributed by atoms with Crippen molar-refractivity contribution in [3.8, 4) is 0 Å². The lowest BCUT2D eigenvalue weighted by Gasteiger charge is -2.33. The predicted molar refractivity (Wildman–Crippen MR) is 94.3 cm³/mol. The van der Waals surface area contributed by atoms with Gasteiger partial charge in [-0.05, 0) is 45.3 Å². The summed E-state index contributed by atoms with van der Waals surface area (Å²) in [4.78, 5) is 43.3. The van der Waals surface area contributed by atoms with Gasteiger partial charge in [0.05, 0.1) is 0 Å². The van der Waals surface area contributed by atoms with Crippen molar-refractivity contribution < 1.29 is 19.5 Å². The quantitative estimate of drug-likeness (QED) is 0.787. The number of amides is 2. The van der Waals surface area contributed by atoms with Crippen LogP contribution in [0.4, 0.5) is 0 Å². The molecule has 0 bridgehead atoms. The molecule has 26 heavy (non-hydrogen) atoms. The number of likely N-dealkylation sites (tertiary alicyclic amines) is 3. The zero-order valence-electron chi connectivity index (χ0n) is 15.5. The number of fused-ring (bicyclic) bond motifs is 1. The van der Waals surface area contributed by atoms with Gasteiger partial charge in [-0.15, -0.1) is 0 Å². The molecule has 3 heterocycles. The van der Waals surface area contributed by atoms with Gasteiger partial charge in [0.25, 0.3) is 0 Å². The minimum atomic E-state index is -0.968. The summed E-state index contributed by atoms with van der Waals surface area (Å²) in [6, 6.07) is 0. The Morgan fingerprint density at radius 1 is 0.923 bits per heavy atom. The molecule has 0 aromatic carbocycles. The fourth-order valence-electron chi connectivity index (χ4n) is 5.05. The summed E-state index contributed by atoms with van der Waals surface area (Å²) < 4.78 is 0. The van der Waals surface area contributed by atoms with Crippen LogP contribution in [0.2, 0.25) is 0 Å². The summed E-state index contributed by atoms with van der Waals surface area (Å²) in [7, 11) is 0. The summed E-state index contributed by atoms with van der Waals surface area (Å²) in [5.74, 6) is -0.624. The normalized spacial score (nSPS) is 32.7. The number of nitrogens with zero attached hydrogens (tertiary/aromatic N) is 3. The third kappa shape index (κ3) is 2.90. The molecule has 0 spiro atoms. The topological polar surface area (TPSA) is 81.2 Å². The number of piperidine rings is 1. The van der Waals surface area contributed by atoms with E-state index in [1.165, 1.54) is 0 Å². The van der Waals surface area contributed by atoms with Crippen LogP contribution in [0.5, 0.6) is 0 Å². The third-order valence-electron chi connectivity index (χ3n) is 6.97. The first-order valence-corrected chi connectivity index (χ1v) is 9.98. The van der Waals surface area contributed by atoms with Gasteiger partial charge in [-0.3, -0.25) is 14.4 Å². The highest BCUT2D eigenvalue weighted by Crippen LogP contribution is 2.45. The maximum atomic E-state index is 13.0. The van der Waals surface area contributed by atoms with Crippen molar-refractivity contribution >= 4 is 17.8 Å². The maximum Gasteiger partial charge on any atom is 0.313 e. The Morgan fingerprint density at radius 3 is 1.81 bits per heavy atom. The van der Waals surface area contributed by atoms with E-state index in [0.29, 0.717) is 13.1 Å².